The van der Waals surface area contributed by atoms with Gasteiger partial charge in [-0.2, -0.15) is 0 Å². The average Bonchev–Trinajstić information content (AvgIpc) is 3.98. The Balaban J connectivity index is 0.765. The van der Waals surface area contributed by atoms with Gasteiger partial charge in [-0.3, -0.25) is 38.7 Å². The Morgan fingerprint density at radius 1 is 0.635 bits per heavy atom. The Morgan fingerprint density at radius 3 is 2.01 bits per heavy atom. The summed E-state index contributed by atoms with van der Waals surface area (Å²) >= 11 is 1.10. The van der Waals surface area contributed by atoms with Crippen molar-refractivity contribution >= 4 is 82.5 Å². The molecular formula is C53H50N10O8S3. The number of anilines is 2. The number of pyridine rings is 2. The van der Waals surface area contributed by atoms with Crippen LogP contribution in [0.4, 0.5) is 11.4 Å². The van der Waals surface area contributed by atoms with Crippen molar-refractivity contribution in [3.05, 3.63) is 161 Å². The molecule has 5 aromatic carbocycles. The van der Waals surface area contributed by atoms with Crippen LogP contribution in [0.15, 0.2) is 143 Å². The summed E-state index contributed by atoms with van der Waals surface area (Å²) in [4.78, 5) is 56.3. The summed E-state index contributed by atoms with van der Waals surface area (Å²) in [6.45, 7) is 6.15. The van der Waals surface area contributed by atoms with E-state index in [1.807, 2.05) is 47.4 Å². The Labute approximate surface area is 431 Å². The van der Waals surface area contributed by atoms with Crippen LogP contribution in [0.3, 0.4) is 0 Å². The SMILES string of the molecule is COc1cc(NS(=O)(=O)c2cc(-c3cccc(CCN4CCN(C(=O)c5ccc(NS(=O)(=O)c6cccc7cccnc67)c(C)c5)CC4)c3)cc3cccnc23)ccc1C(=O)N1CCN(C(=O)c2csnn2)CC1. The van der Waals surface area contributed by atoms with Gasteiger partial charge in [0.15, 0.2) is 5.69 Å². The molecule has 3 amide bonds. The predicted octanol–water partition coefficient (Wildman–Crippen LogP) is 6.82. The van der Waals surface area contributed by atoms with Crippen LogP contribution in [0.2, 0.25) is 0 Å². The molecule has 2 saturated heterocycles. The Kier molecular flexibility index (Phi) is 14.1. The smallest absolute Gasteiger partial charge is 0.275 e. The van der Waals surface area contributed by atoms with Gasteiger partial charge in [-0.15, -0.1) is 5.10 Å². The zero-order valence-electron chi connectivity index (χ0n) is 40.3. The molecule has 2 fully saturated rings. The first-order chi connectivity index (χ1) is 35.7. The second-order valence-corrected chi connectivity index (χ2v) is 21.9. The highest BCUT2D eigenvalue weighted by molar-refractivity contribution is 7.93. The molecule has 2 aliphatic heterocycles. The molecule has 2 N–H and O–H groups in total. The lowest BCUT2D eigenvalue weighted by molar-refractivity contribution is 0.0530. The van der Waals surface area contributed by atoms with Gasteiger partial charge in [-0.25, -0.2) is 16.8 Å². The van der Waals surface area contributed by atoms with Gasteiger partial charge in [0.2, 0.25) is 0 Å². The number of amides is 3. The maximum atomic E-state index is 14.3. The van der Waals surface area contributed by atoms with E-state index in [2.05, 4.69) is 40.0 Å². The molecule has 0 bridgehead atoms. The third-order valence-corrected chi connectivity index (χ3v) is 16.6. The standard InChI is InChI=1S/C53H50N10O8S3/c1-35-29-40(13-16-44(35)58-73(67,68)47-12-4-8-37-10-5-18-54-49(37)47)51(64)61-23-21-60(22-24-61)20-17-36-7-3-9-38(30-36)41-31-39-11-6-19-55-50(39)48(32-41)74(69,70)57-42-14-15-43(46(33-42)71-2)52(65)62-25-27-63(28-26-62)53(66)45-34-72-59-56-45/h3-16,18-19,29-34,57-58H,17,20-28H2,1-2H3. The maximum absolute atomic E-state index is 14.3. The van der Waals surface area contributed by atoms with Crippen molar-refractivity contribution < 1.29 is 36.0 Å². The third kappa shape index (κ3) is 10.5. The predicted molar refractivity (Wildman–Crippen MR) is 282 cm³/mol. The number of hydrogen-bond acceptors (Lipinski definition) is 14. The molecule has 8 aromatic rings. The van der Waals surface area contributed by atoms with E-state index >= 15 is 0 Å². The molecule has 0 aliphatic carbocycles. The minimum atomic E-state index is -4.24. The topological polar surface area (TPSA) is 217 Å². The number of aromatic nitrogens is 4. The van der Waals surface area contributed by atoms with Crippen molar-refractivity contribution in [3.63, 3.8) is 0 Å². The van der Waals surface area contributed by atoms with Crippen LogP contribution in [0.5, 0.6) is 5.75 Å². The molecule has 5 heterocycles. The molecule has 0 saturated carbocycles. The van der Waals surface area contributed by atoms with Gasteiger partial charge < -0.3 is 19.4 Å². The highest BCUT2D eigenvalue weighted by Gasteiger charge is 2.30. The number of ether oxygens (including phenoxy) is 1. The van der Waals surface area contributed by atoms with Crippen LogP contribution in [0.25, 0.3) is 32.9 Å². The number of piperazine rings is 2. The number of hydrogen-bond donors (Lipinski definition) is 2. The first-order valence-electron chi connectivity index (χ1n) is 23.8. The van der Waals surface area contributed by atoms with Crippen LogP contribution in [-0.2, 0) is 26.5 Å². The number of nitrogens with zero attached hydrogens (tertiary/aromatic N) is 8. The van der Waals surface area contributed by atoms with Crippen LogP contribution in [0, 0.1) is 6.92 Å². The zero-order valence-corrected chi connectivity index (χ0v) is 42.8. The second kappa shape index (κ2) is 20.9. The number of carbonyl (C=O) groups is 3. The number of fused-ring (bicyclic) bond motifs is 2. The molecule has 21 heteroatoms. The van der Waals surface area contributed by atoms with Crippen molar-refractivity contribution in [1.29, 1.82) is 0 Å². The second-order valence-electron chi connectivity index (χ2n) is 18.0. The van der Waals surface area contributed by atoms with Gasteiger partial charge in [-0.1, -0.05) is 53.0 Å². The average molecular weight is 1050 g/mol. The number of aryl methyl sites for hydroxylation is 1. The first-order valence-corrected chi connectivity index (χ1v) is 27.6. The Morgan fingerprint density at radius 2 is 1.30 bits per heavy atom. The molecule has 0 atom stereocenters. The van der Waals surface area contributed by atoms with E-state index in [0.29, 0.717) is 96.5 Å². The van der Waals surface area contributed by atoms with Crippen molar-refractivity contribution in [3.8, 4) is 16.9 Å². The summed E-state index contributed by atoms with van der Waals surface area (Å²) in [5.74, 6) is -0.481. The molecule has 378 valence electrons. The van der Waals surface area contributed by atoms with E-state index in [0.717, 1.165) is 35.6 Å². The highest BCUT2D eigenvalue weighted by atomic mass is 32.2. The molecular weight excluding hydrogens is 1000 g/mol. The monoisotopic (exact) mass is 1050 g/mol. The summed E-state index contributed by atoms with van der Waals surface area (Å²) in [5, 5.41) is 6.80. The van der Waals surface area contributed by atoms with E-state index in [4.69, 9.17) is 4.74 Å². The summed E-state index contributed by atoms with van der Waals surface area (Å²) < 4.78 is 70.3. The molecule has 0 unspecified atom stereocenters. The fourth-order valence-electron chi connectivity index (χ4n) is 9.33. The van der Waals surface area contributed by atoms with Gasteiger partial charge in [0.05, 0.1) is 35.1 Å². The Bertz CT molecular complexity index is 3670. The largest absolute Gasteiger partial charge is 0.496 e. The molecule has 0 spiro atoms. The molecule has 10 rings (SSSR count). The van der Waals surface area contributed by atoms with E-state index < -0.39 is 20.0 Å². The van der Waals surface area contributed by atoms with Gasteiger partial charge in [0, 0.05) is 99.1 Å². The minimum Gasteiger partial charge on any atom is -0.496 e. The fraction of sp³-hybridized carbons (Fsp3) is 0.226. The number of carbonyl (C=O) groups excluding carboxylic acids is 3. The lowest BCUT2D eigenvalue weighted by Crippen LogP contribution is -2.50. The number of nitrogens with one attached hydrogen (secondary N) is 2. The number of sulfonamides is 2. The van der Waals surface area contributed by atoms with E-state index in [9.17, 15) is 31.2 Å². The number of para-hydroxylation sites is 1. The van der Waals surface area contributed by atoms with Crippen LogP contribution < -0.4 is 14.2 Å². The van der Waals surface area contributed by atoms with Crippen molar-refractivity contribution in [2.24, 2.45) is 0 Å². The van der Waals surface area contributed by atoms with Crippen molar-refractivity contribution in [2.45, 2.75) is 23.1 Å². The van der Waals surface area contributed by atoms with Crippen LogP contribution >= 0.6 is 11.5 Å². The van der Waals surface area contributed by atoms with E-state index in [1.165, 1.54) is 31.4 Å². The van der Waals surface area contributed by atoms with Gasteiger partial charge in [-0.05, 0) is 108 Å². The molecule has 0 radical (unpaired) electrons. The zero-order chi connectivity index (χ0) is 51.6. The molecule has 2 aliphatic rings. The van der Waals surface area contributed by atoms with Gasteiger partial charge >= 0.3 is 0 Å². The molecule has 18 nitrogen and oxygen atoms in total. The van der Waals surface area contributed by atoms with Crippen molar-refractivity contribution in [1.82, 2.24) is 39.2 Å². The molecule has 3 aromatic heterocycles. The first kappa shape index (κ1) is 49.7. The Hall–Kier alpha value is -7.85. The lowest BCUT2D eigenvalue weighted by atomic mass is 10.00. The van der Waals surface area contributed by atoms with E-state index in [-0.39, 0.29) is 50.2 Å². The minimum absolute atomic E-state index is 0.0197. The fourth-order valence-corrected chi connectivity index (χ4v) is 12.3. The number of methoxy groups -OCH3 is 1. The third-order valence-electron chi connectivity index (χ3n) is 13.3. The van der Waals surface area contributed by atoms with Gasteiger partial charge in [0.25, 0.3) is 37.8 Å². The summed E-state index contributed by atoms with van der Waals surface area (Å²) in [7, 11) is -6.79. The molecule has 74 heavy (non-hydrogen) atoms. The van der Waals surface area contributed by atoms with Crippen LogP contribution in [-0.4, -0.2) is 140 Å². The summed E-state index contributed by atoms with van der Waals surface area (Å²) in [6, 6.07) is 33.2. The quantitative estimate of drug-likeness (QED) is 0.114. The number of rotatable bonds is 14. The normalized spacial score (nSPS) is 14.5. The van der Waals surface area contributed by atoms with E-state index in [1.54, 1.807) is 77.0 Å². The number of benzene rings is 5. The lowest BCUT2D eigenvalue weighted by Gasteiger charge is -2.35. The summed E-state index contributed by atoms with van der Waals surface area (Å²) in [6.07, 6.45) is 3.83. The highest BCUT2D eigenvalue weighted by Crippen LogP contribution is 2.33. The van der Waals surface area contributed by atoms with Gasteiger partial charge in [0.1, 0.15) is 15.5 Å². The van der Waals surface area contributed by atoms with Crippen LogP contribution in [0.1, 0.15) is 42.3 Å². The van der Waals surface area contributed by atoms with Crippen molar-refractivity contribution in [2.75, 3.05) is 75.5 Å². The summed E-state index contributed by atoms with van der Waals surface area (Å²) in [5.41, 5.74) is 5.44. The maximum Gasteiger partial charge on any atom is 0.275 e.